The van der Waals surface area contributed by atoms with Crippen LogP contribution in [0.25, 0.3) is 0 Å². The van der Waals surface area contributed by atoms with Crippen LogP contribution in [-0.2, 0) is 35.0 Å². The van der Waals surface area contributed by atoms with Gasteiger partial charge in [0.1, 0.15) is 23.9 Å². The summed E-state index contributed by atoms with van der Waals surface area (Å²) in [6, 6.07) is 13.0. The number of methoxy groups -OCH3 is 1. The maximum Gasteiger partial charge on any atom is 0.244 e. The third kappa shape index (κ3) is 10.1. The average molecular weight is 684 g/mol. The molecule has 2 aliphatic heterocycles. The number of nitrogens with one attached hydrogen (secondary N) is 3. The molecule has 2 aromatic rings. The minimum Gasteiger partial charge on any atom is -0.495 e. The van der Waals surface area contributed by atoms with Gasteiger partial charge in [-0.25, -0.2) is 0 Å². The van der Waals surface area contributed by atoms with E-state index in [9.17, 15) is 19.5 Å². The van der Waals surface area contributed by atoms with E-state index in [-0.39, 0.29) is 50.7 Å². The lowest BCUT2D eigenvalue weighted by molar-refractivity contribution is -0.176. The summed E-state index contributed by atoms with van der Waals surface area (Å²) in [5, 5.41) is 20.1. The van der Waals surface area contributed by atoms with E-state index in [0.717, 1.165) is 5.56 Å². The molecule has 0 aliphatic carbocycles. The number of aliphatic hydroxyl groups is 1. The van der Waals surface area contributed by atoms with Crippen LogP contribution in [0, 0.1) is 11.3 Å². The molecule has 11 nitrogen and oxygen atoms in total. The molecule has 0 spiro atoms. The summed E-state index contributed by atoms with van der Waals surface area (Å²) >= 11 is 6.32. The molecule has 12 heteroatoms. The van der Waals surface area contributed by atoms with Gasteiger partial charge in [0.2, 0.25) is 17.7 Å². The molecule has 4 rings (SSSR count). The van der Waals surface area contributed by atoms with Crippen molar-refractivity contribution >= 4 is 29.3 Å². The van der Waals surface area contributed by atoms with Crippen LogP contribution in [0.15, 0.2) is 73.3 Å². The minimum atomic E-state index is -1.46. The van der Waals surface area contributed by atoms with Gasteiger partial charge in [0, 0.05) is 18.9 Å². The van der Waals surface area contributed by atoms with E-state index < -0.39 is 47.6 Å². The number of amides is 3. The number of ether oxygens (including phenoxy) is 4. The number of epoxide rings is 1. The highest BCUT2D eigenvalue weighted by molar-refractivity contribution is 6.32. The normalized spacial score (nSPS) is 27.9. The number of benzene rings is 2. The molecule has 3 amide bonds. The number of halogens is 1. The highest BCUT2D eigenvalue weighted by atomic mass is 35.5. The molecule has 0 radical (unpaired) electrons. The molecule has 1 unspecified atom stereocenters. The number of carbonyl (C=O) groups excluding carboxylic acids is 3. The number of aliphatic hydroxyl groups excluding tert-OH is 1. The summed E-state index contributed by atoms with van der Waals surface area (Å²) in [6.45, 7) is 9.04. The third-order valence-corrected chi connectivity index (χ3v) is 8.81. The zero-order chi connectivity index (χ0) is 34.8. The predicted molar refractivity (Wildman–Crippen MR) is 181 cm³/mol. The Morgan fingerprint density at radius 3 is 2.56 bits per heavy atom. The molecule has 2 aromatic carbocycles. The van der Waals surface area contributed by atoms with Crippen molar-refractivity contribution in [1.82, 2.24) is 16.0 Å². The Kier molecular flexibility index (Phi) is 13.2. The maximum absolute atomic E-state index is 13.5. The molecule has 48 heavy (non-hydrogen) atoms. The summed E-state index contributed by atoms with van der Waals surface area (Å²) in [6.07, 6.45) is 2.54. The summed E-state index contributed by atoms with van der Waals surface area (Å²) in [7, 11) is 1.51. The summed E-state index contributed by atoms with van der Waals surface area (Å²) in [4.78, 5) is 40.2. The first-order chi connectivity index (χ1) is 22.9. The van der Waals surface area contributed by atoms with Crippen molar-refractivity contribution in [2.75, 3.05) is 26.9 Å². The van der Waals surface area contributed by atoms with E-state index in [1.54, 1.807) is 44.2 Å². The lowest BCUT2D eigenvalue weighted by Crippen LogP contribution is -2.56. The Hall–Kier alpha value is -3.74. The highest BCUT2D eigenvalue weighted by Gasteiger charge is 2.47. The Morgan fingerprint density at radius 2 is 1.88 bits per heavy atom. The van der Waals surface area contributed by atoms with Gasteiger partial charge < -0.3 is 40.0 Å². The van der Waals surface area contributed by atoms with Crippen LogP contribution < -0.4 is 20.7 Å². The number of rotatable bonds is 10. The van der Waals surface area contributed by atoms with Gasteiger partial charge in [-0.2, -0.15) is 0 Å². The molecule has 4 N–H and O–H groups in total. The molecule has 260 valence electrons. The van der Waals surface area contributed by atoms with E-state index in [1.807, 2.05) is 37.3 Å². The van der Waals surface area contributed by atoms with Crippen molar-refractivity contribution in [2.45, 2.75) is 70.3 Å². The fraction of sp³-hybridized carbons (Fsp3) is 0.472. The minimum absolute atomic E-state index is 0.0556. The largest absolute Gasteiger partial charge is 0.495 e. The zero-order valence-electron chi connectivity index (χ0n) is 27.8. The molecule has 1 fully saturated rings. The van der Waals surface area contributed by atoms with Crippen molar-refractivity contribution in [3.63, 3.8) is 0 Å². The second-order valence-corrected chi connectivity index (χ2v) is 13.1. The average Bonchev–Trinajstić information content (AvgIpc) is 3.87. The Balaban J connectivity index is 1.60. The van der Waals surface area contributed by atoms with Crippen molar-refractivity contribution in [3.05, 3.63) is 89.5 Å². The summed E-state index contributed by atoms with van der Waals surface area (Å²) < 4.78 is 23.1. The molecular formula is C36H46ClN3O8. The fourth-order valence-electron chi connectivity index (χ4n) is 5.47. The van der Waals surface area contributed by atoms with Gasteiger partial charge in [-0.05, 0) is 49.6 Å². The van der Waals surface area contributed by atoms with Crippen LogP contribution in [-0.4, -0.2) is 80.3 Å². The summed E-state index contributed by atoms with van der Waals surface area (Å²) in [5.41, 5.74) is 0.622. The van der Waals surface area contributed by atoms with Crippen molar-refractivity contribution in [2.24, 2.45) is 11.3 Å². The molecule has 2 heterocycles. The number of carbonyl (C=O) groups is 3. The van der Waals surface area contributed by atoms with Gasteiger partial charge in [-0.1, -0.05) is 67.1 Å². The zero-order valence-corrected chi connectivity index (χ0v) is 28.6. The first-order valence-corrected chi connectivity index (χ1v) is 16.4. The van der Waals surface area contributed by atoms with Gasteiger partial charge >= 0.3 is 0 Å². The van der Waals surface area contributed by atoms with Crippen LogP contribution in [0.1, 0.15) is 44.4 Å². The Labute approximate surface area is 287 Å². The van der Waals surface area contributed by atoms with E-state index in [4.69, 9.17) is 30.5 Å². The van der Waals surface area contributed by atoms with Gasteiger partial charge in [0.05, 0.1) is 43.0 Å². The fourth-order valence-corrected chi connectivity index (χ4v) is 5.75. The van der Waals surface area contributed by atoms with Gasteiger partial charge in [0.15, 0.2) is 6.29 Å². The van der Waals surface area contributed by atoms with Crippen molar-refractivity contribution < 1.29 is 38.4 Å². The van der Waals surface area contributed by atoms with Gasteiger partial charge in [0.25, 0.3) is 0 Å². The molecule has 2 aliphatic rings. The first kappa shape index (κ1) is 37.1. The van der Waals surface area contributed by atoms with Crippen molar-refractivity contribution in [3.8, 4) is 5.75 Å². The predicted octanol–water partition coefficient (Wildman–Crippen LogP) is 3.65. The topological polar surface area (TPSA) is 148 Å². The van der Waals surface area contributed by atoms with Crippen LogP contribution >= 0.6 is 11.6 Å². The van der Waals surface area contributed by atoms with Crippen molar-refractivity contribution in [1.29, 1.82) is 0 Å². The molecule has 0 bridgehead atoms. The third-order valence-electron chi connectivity index (χ3n) is 8.51. The van der Waals surface area contributed by atoms with Crippen LogP contribution in [0.5, 0.6) is 5.75 Å². The molecular weight excluding hydrogens is 638 g/mol. The molecule has 7 atom stereocenters. The van der Waals surface area contributed by atoms with Gasteiger partial charge in [-0.15, -0.1) is 6.58 Å². The maximum atomic E-state index is 13.5. The SMILES string of the molecule is C=CCOC[C@@H]1NC(=O)C(C)(C)CNC(=O)[C@@H](Cc2ccc(OC)c(Cl)c2)NC(=O)/C=C/C[C@@H]([C@H](C)[C@H]2O[C@@H]2c2ccccc2)OC1O. The molecule has 1 saturated heterocycles. The monoisotopic (exact) mass is 683 g/mol. The van der Waals surface area contributed by atoms with E-state index in [2.05, 4.69) is 22.5 Å². The van der Waals surface area contributed by atoms with E-state index >= 15 is 0 Å². The quantitative estimate of drug-likeness (QED) is 0.169. The van der Waals surface area contributed by atoms with Crippen LogP contribution in [0.4, 0.5) is 0 Å². The number of hydrogen-bond donors (Lipinski definition) is 4. The highest BCUT2D eigenvalue weighted by Crippen LogP contribution is 2.45. The van der Waals surface area contributed by atoms with Crippen LogP contribution in [0.2, 0.25) is 5.02 Å². The smallest absolute Gasteiger partial charge is 0.244 e. The van der Waals surface area contributed by atoms with E-state index in [1.165, 1.54) is 13.2 Å². The molecule has 0 aromatic heterocycles. The number of hydrogen-bond acceptors (Lipinski definition) is 8. The van der Waals surface area contributed by atoms with Crippen LogP contribution in [0.3, 0.4) is 0 Å². The lowest BCUT2D eigenvalue weighted by Gasteiger charge is -2.33. The Morgan fingerprint density at radius 1 is 1.12 bits per heavy atom. The summed E-state index contributed by atoms with van der Waals surface area (Å²) in [5.74, 6) is -1.14. The standard InChI is InChI=1S/C36H46ClN3O8/c1-6-17-46-20-27-34(43)47-28(22(2)31-32(48-31)24-11-8-7-9-12-24)13-10-14-30(41)39-26(19-23-15-16-29(45-5)25(37)18-23)33(42)38-21-36(3,4)35(44)40-27/h6-12,14-16,18,22,26-28,31-32,34,43H,1,13,17,19-21H2,2-5H3,(H,38,42)(H,39,41)(H,40,44)/b14-10+/t22-,26+,27-,28-,31+,32+,34?/m0/s1. The van der Waals surface area contributed by atoms with Gasteiger partial charge in [-0.3, -0.25) is 14.4 Å². The van der Waals surface area contributed by atoms with E-state index in [0.29, 0.717) is 16.3 Å². The molecule has 0 saturated carbocycles. The second-order valence-electron chi connectivity index (χ2n) is 12.7. The lowest BCUT2D eigenvalue weighted by atomic mass is 9.91. The Bertz CT molecular complexity index is 1450. The second kappa shape index (κ2) is 17.1. The first-order valence-electron chi connectivity index (χ1n) is 16.0.